The molecule has 2 rings (SSSR count). The Labute approximate surface area is 137 Å². The number of anilines is 2. The van der Waals surface area contributed by atoms with Gasteiger partial charge in [-0.25, -0.2) is 0 Å². The second-order valence-electron chi connectivity index (χ2n) is 4.31. The van der Waals surface area contributed by atoms with Crippen LogP contribution in [0.4, 0.5) is 11.5 Å². The maximum Gasteiger partial charge on any atom is 0.271 e. The Balaban J connectivity index is 1.99. The lowest BCUT2D eigenvalue weighted by Gasteiger charge is -2.07. The van der Waals surface area contributed by atoms with E-state index in [2.05, 4.69) is 20.8 Å². The van der Waals surface area contributed by atoms with Crippen molar-refractivity contribution in [3.05, 3.63) is 46.1 Å². The van der Waals surface area contributed by atoms with Gasteiger partial charge >= 0.3 is 0 Å². The van der Waals surface area contributed by atoms with Crippen LogP contribution in [0.1, 0.15) is 10.5 Å². The maximum absolute atomic E-state index is 11.7. The third kappa shape index (κ3) is 4.56. The fraction of sp³-hybridized carbons (Fsp3) is 0.214. The molecule has 0 aliphatic rings. The number of rotatable bonds is 6. The van der Waals surface area contributed by atoms with E-state index in [-0.39, 0.29) is 11.6 Å². The minimum Gasteiger partial charge on any atom is -0.383 e. The quantitative estimate of drug-likeness (QED) is 0.790. The van der Waals surface area contributed by atoms with E-state index in [0.29, 0.717) is 29.0 Å². The van der Waals surface area contributed by atoms with Gasteiger partial charge in [-0.15, -0.1) is 10.2 Å². The second kappa shape index (κ2) is 7.93. The molecule has 1 aromatic carbocycles. The van der Waals surface area contributed by atoms with Crippen LogP contribution in [0.15, 0.2) is 30.3 Å². The minimum absolute atomic E-state index is 0.232. The average Bonchev–Trinajstić information content (AvgIpc) is 2.52. The van der Waals surface area contributed by atoms with Gasteiger partial charge in [0.1, 0.15) is 0 Å². The summed E-state index contributed by atoms with van der Waals surface area (Å²) in [4.78, 5) is 11.7. The van der Waals surface area contributed by atoms with Gasteiger partial charge in [0.2, 0.25) is 0 Å². The van der Waals surface area contributed by atoms with Gasteiger partial charge in [0.05, 0.1) is 16.7 Å². The second-order valence-corrected chi connectivity index (χ2v) is 5.12. The maximum atomic E-state index is 11.7. The standard InChI is InChI=1S/C14H14Cl2N4O2/c1-22-7-6-17-14(21)12-4-5-13(20-19-12)18-9-2-3-10(15)11(16)8-9/h2-5,8H,6-7H2,1H3,(H,17,21)(H,18,20). The number of carbonyl (C=O) groups is 1. The predicted octanol–water partition coefficient (Wildman–Crippen LogP) is 2.90. The Bertz CT molecular complexity index is 650. The Morgan fingerprint density at radius 1 is 1.18 bits per heavy atom. The van der Waals surface area contributed by atoms with Crippen LogP contribution in [0, 0.1) is 0 Å². The van der Waals surface area contributed by atoms with Crippen molar-refractivity contribution in [2.75, 3.05) is 25.6 Å². The van der Waals surface area contributed by atoms with Crippen molar-refractivity contribution in [1.29, 1.82) is 0 Å². The lowest BCUT2D eigenvalue weighted by Crippen LogP contribution is -2.27. The molecule has 1 amide bonds. The SMILES string of the molecule is COCCNC(=O)c1ccc(Nc2ccc(Cl)c(Cl)c2)nn1. The van der Waals surface area contributed by atoms with E-state index < -0.39 is 0 Å². The first-order chi connectivity index (χ1) is 10.6. The van der Waals surface area contributed by atoms with Gasteiger partial charge in [-0.05, 0) is 30.3 Å². The fourth-order valence-electron chi connectivity index (χ4n) is 1.60. The van der Waals surface area contributed by atoms with Gasteiger partial charge in [-0.1, -0.05) is 23.2 Å². The Morgan fingerprint density at radius 3 is 2.64 bits per heavy atom. The van der Waals surface area contributed by atoms with Gasteiger partial charge < -0.3 is 15.4 Å². The van der Waals surface area contributed by atoms with Crippen LogP contribution in [-0.2, 0) is 4.74 Å². The number of carbonyl (C=O) groups excluding carboxylic acids is 1. The Hall–Kier alpha value is -1.89. The zero-order valence-corrected chi connectivity index (χ0v) is 13.3. The molecule has 0 radical (unpaired) electrons. The van der Waals surface area contributed by atoms with Crippen LogP contribution in [0.5, 0.6) is 0 Å². The summed E-state index contributed by atoms with van der Waals surface area (Å²) < 4.78 is 4.85. The molecule has 0 atom stereocenters. The molecule has 0 fully saturated rings. The number of aromatic nitrogens is 2. The van der Waals surface area contributed by atoms with Crippen molar-refractivity contribution in [3.63, 3.8) is 0 Å². The number of ether oxygens (including phenoxy) is 1. The van der Waals surface area contributed by atoms with Gasteiger partial charge in [-0.2, -0.15) is 0 Å². The van der Waals surface area contributed by atoms with E-state index >= 15 is 0 Å². The summed E-state index contributed by atoms with van der Waals surface area (Å²) in [6.07, 6.45) is 0. The Morgan fingerprint density at radius 2 is 2.00 bits per heavy atom. The molecule has 0 bridgehead atoms. The molecule has 0 unspecified atom stereocenters. The lowest BCUT2D eigenvalue weighted by molar-refractivity contribution is 0.0931. The highest BCUT2D eigenvalue weighted by molar-refractivity contribution is 6.42. The topological polar surface area (TPSA) is 76.1 Å². The third-order valence-electron chi connectivity index (χ3n) is 2.68. The summed E-state index contributed by atoms with van der Waals surface area (Å²) in [6.45, 7) is 0.858. The first-order valence-electron chi connectivity index (χ1n) is 6.43. The molecule has 1 aromatic heterocycles. The molecule has 0 spiro atoms. The minimum atomic E-state index is -0.300. The third-order valence-corrected chi connectivity index (χ3v) is 3.42. The predicted molar refractivity (Wildman–Crippen MR) is 86.0 cm³/mol. The van der Waals surface area contributed by atoms with Crippen molar-refractivity contribution < 1.29 is 9.53 Å². The summed E-state index contributed by atoms with van der Waals surface area (Å²) in [5.74, 6) is 0.192. The molecule has 22 heavy (non-hydrogen) atoms. The number of amides is 1. The summed E-state index contributed by atoms with van der Waals surface area (Å²) >= 11 is 11.8. The summed E-state index contributed by atoms with van der Waals surface area (Å²) in [5.41, 5.74) is 0.955. The highest BCUT2D eigenvalue weighted by atomic mass is 35.5. The van der Waals surface area contributed by atoms with Gasteiger partial charge in [0.25, 0.3) is 5.91 Å². The van der Waals surface area contributed by atoms with Crippen LogP contribution in [0.2, 0.25) is 10.0 Å². The van der Waals surface area contributed by atoms with Crippen LogP contribution in [-0.4, -0.2) is 36.4 Å². The zero-order chi connectivity index (χ0) is 15.9. The van der Waals surface area contributed by atoms with Gasteiger partial charge in [-0.3, -0.25) is 4.79 Å². The molecule has 6 nitrogen and oxygen atoms in total. The number of halogens is 2. The number of benzene rings is 1. The summed E-state index contributed by atoms with van der Waals surface area (Å²) in [5, 5.41) is 14.4. The molecule has 0 saturated carbocycles. The highest BCUT2D eigenvalue weighted by Gasteiger charge is 2.08. The largest absolute Gasteiger partial charge is 0.383 e. The van der Waals surface area contributed by atoms with E-state index in [0.717, 1.165) is 5.69 Å². The van der Waals surface area contributed by atoms with E-state index in [1.54, 1.807) is 37.4 Å². The number of hydrogen-bond donors (Lipinski definition) is 2. The van der Waals surface area contributed by atoms with Crippen molar-refractivity contribution in [1.82, 2.24) is 15.5 Å². The van der Waals surface area contributed by atoms with Crippen LogP contribution in [0.25, 0.3) is 0 Å². The van der Waals surface area contributed by atoms with Gasteiger partial charge in [0.15, 0.2) is 11.5 Å². The smallest absolute Gasteiger partial charge is 0.271 e. The molecule has 116 valence electrons. The van der Waals surface area contributed by atoms with Crippen molar-refractivity contribution in [3.8, 4) is 0 Å². The van der Waals surface area contributed by atoms with Crippen LogP contribution < -0.4 is 10.6 Å². The molecule has 0 saturated heterocycles. The lowest BCUT2D eigenvalue weighted by atomic mass is 10.3. The number of nitrogens with one attached hydrogen (secondary N) is 2. The summed E-state index contributed by atoms with van der Waals surface area (Å²) in [7, 11) is 1.56. The van der Waals surface area contributed by atoms with Crippen molar-refractivity contribution in [2.24, 2.45) is 0 Å². The van der Waals surface area contributed by atoms with Gasteiger partial charge in [0, 0.05) is 19.3 Å². The highest BCUT2D eigenvalue weighted by Crippen LogP contribution is 2.26. The molecule has 0 aliphatic carbocycles. The molecular formula is C14H14Cl2N4O2. The number of nitrogens with zero attached hydrogens (tertiary/aromatic N) is 2. The molecule has 8 heteroatoms. The monoisotopic (exact) mass is 340 g/mol. The number of methoxy groups -OCH3 is 1. The number of hydrogen-bond acceptors (Lipinski definition) is 5. The van der Waals surface area contributed by atoms with E-state index in [9.17, 15) is 4.79 Å². The van der Waals surface area contributed by atoms with E-state index in [1.165, 1.54) is 0 Å². The first-order valence-corrected chi connectivity index (χ1v) is 7.18. The van der Waals surface area contributed by atoms with Crippen LogP contribution >= 0.6 is 23.2 Å². The normalized spacial score (nSPS) is 10.3. The average molecular weight is 341 g/mol. The molecule has 2 N–H and O–H groups in total. The molecule has 1 heterocycles. The van der Waals surface area contributed by atoms with Crippen molar-refractivity contribution >= 4 is 40.6 Å². The van der Waals surface area contributed by atoms with Crippen molar-refractivity contribution in [2.45, 2.75) is 0 Å². The molecular weight excluding hydrogens is 327 g/mol. The van der Waals surface area contributed by atoms with E-state index in [1.807, 2.05) is 0 Å². The van der Waals surface area contributed by atoms with Crippen LogP contribution in [0.3, 0.4) is 0 Å². The first kappa shape index (κ1) is 16.5. The summed E-state index contributed by atoms with van der Waals surface area (Å²) in [6, 6.07) is 8.35. The Kier molecular flexibility index (Phi) is 5.94. The molecule has 0 aliphatic heterocycles. The zero-order valence-electron chi connectivity index (χ0n) is 11.8. The van der Waals surface area contributed by atoms with E-state index in [4.69, 9.17) is 27.9 Å². The molecule has 2 aromatic rings. The fourth-order valence-corrected chi connectivity index (χ4v) is 1.90.